The maximum absolute atomic E-state index is 12.4. The van der Waals surface area contributed by atoms with Crippen LogP contribution in [0.25, 0.3) is 0 Å². The molecule has 0 atom stereocenters. The molecule has 0 unspecified atom stereocenters. The molecule has 0 saturated heterocycles. The molecule has 0 aliphatic rings. The van der Waals surface area contributed by atoms with Crippen LogP contribution in [0.3, 0.4) is 0 Å². The summed E-state index contributed by atoms with van der Waals surface area (Å²) in [7, 11) is 1.30. The van der Waals surface area contributed by atoms with Crippen LogP contribution in [-0.4, -0.2) is 43.6 Å². The zero-order chi connectivity index (χ0) is 15.8. The molecule has 0 aromatic heterocycles. The first kappa shape index (κ1) is 16.8. The lowest BCUT2D eigenvalue weighted by Crippen LogP contribution is -2.36. The topological polar surface area (TPSA) is 81.9 Å². The van der Waals surface area contributed by atoms with Gasteiger partial charge in [0.1, 0.15) is 12.3 Å². The van der Waals surface area contributed by atoms with E-state index in [1.54, 1.807) is 18.2 Å². The summed E-state index contributed by atoms with van der Waals surface area (Å²) < 4.78 is 9.95. The zero-order valence-electron chi connectivity index (χ0n) is 12.7. The van der Waals surface area contributed by atoms with Crippen molar-refractivity contribution in [3.63, 3.8) is 0 Å². The van der Waals surface area contributed by atoms with Crippen molar-refractivity contribution >= 4 is 17.6 Å². The third-order valence-corrected chi connectivity index (χ3v) is 2.88. The Morgan fingerprint density at radius 3 is 2.52 bits per heavy atom. The minimum Gasteiger partial charge on any atom is -0.492 e. The van der Waals surface area contributed by atoms with E-state index in [1.807, 2.05) is 13.8 Å². The van der Waals surface area contributed by atoms with E-state index in [9.17, 15) is 9.59 Å². The Balaban J connectivity index is 2.92. The predicted molar refractivity (Wildman–Crippen MR) is 80.2 cm³/mol. The lowest BCUT2D eigenvalue weighted by atomic mass is 10.1. The predicted octanol–water partition coefficient (Wildman–Crippen LogP) is 1.69. The molecular formula is C15H22N2O4. The summed E-state index contributed by atoms with van der Waals surface area (Å²) in [5.74, 6) is -0.156. The number of ether oxygens (including phenoxy) is 2. The van der Waals surface area contributed by atoms with Crippen molar-refractivity contribution in [2.45, 2.75) is 20.3 Å². The molecule has 1 aromatic carbocycles. The number of nitrogen functional groups attached to an aromatic ring is 1. The molecule has 0 fully saturated rings. The Kier molecular flexibility index (Phi) is 6.52. The van der Waals surface area contributed by atoms with Crippen LogP contribution >= 0.6 is 0 Å². The molecule has 6 nitrogen and oxygen atoms in total. The first-order valence-corrected chi connectivity index (χ1v) is 6.91. The number of hydrogen-bond acceptors (Lipinski definition) is 5. The SMILES string of the molecule is CCCN(CC(=O)OC)C(=O)c1ccc(OCC)c(N)c1. The van der Waals surface area contributed by atoms with Gasteiger partial charge < -0.3 is 20.1 Å². The van der Waals surface area contributed by atoms with Gasteiger partial charge in [-0.1, -0.05) is 6.92 Å². The summed E-state index contributed by atoms with van der Waals surface area (Å²) in [6.07, 6.45) is 0.745. The van der Waals surface area contributed by atoms with Crippen LogP contribution in [0.1, 0.15) is 30.6 Å². The number of amides is 1. The summed E-state index contributed by atoms with van der Waals surface area (Å²) in [6.45, 7) is 4.70. The quantitative estimate of drug-likeness (QED) is 0.611. The minimum absolute atomic E-state index is 0.0731. The molecule has 116 valence electrons. The number of hydrogen-bond donors (Lipinski definition) is 1. The van der Waals surface area contributed by atoms with Gasteiger partial charge in [0.2, 0.25) is 0 Å². The third kappa shape index (κ3) is 4.66. The normalized spacial score (nSPS) is 10.0. The molecule has 6 heteroatoms. The molecule has 0 aliphatic carbocycles. The first-order chi connectivity index (χ1) is 10.0. The van der Waals surface area contributed by atoms with Crippen molar-refractivity contribution in [2.75, 3.05) is 32.5 Å². The van der Waals surface area contributed by atoms with Gasteiger partial charge in [-0.25, -0.2) is 0 Å². The Labute approximate surface area is 124 Å². The number of nitrogens with zero attached hydrogens (tertiary/aromatic N) is 1. The number of benzene rings is 1. The average Bonchev–Trinajstić information content (AvgIpc) is 2.48. The van der Waals surface area contributed by atoms with Gasteiger partial charge in [0.05, 0.1) is 19.4 Å². The van der Waals surface area contributed by atoms with Gasteiger partial charge in [-0.2, -0.15) is 0 Å². The van der Waals surface area contributed by atoms with Crippen molar-refractivity contribution in [1.82, 2.24) is 4.90 Å². The van der Waals surface area contributed by atoms with Crippen LogP contribution in [-0.2, 0) is 9.53 Å². The molecule has 0 aliphatic heterocycles. The van der Waals surface area contributed by atoms with E-state index in [0.29, 0.717) is 30.2 Å². The van der Waals surface area contributed by atoms with Crippen molar-refractivity contribution in [3.05, 3.63) is 23.8 Å². The van der Waals surface area contributed by atoms with Gasteiger partial charge in [-0.3, -0.25) is 9.59 Å². The highest BCUT2D eigenvalue weighted by Crippen LogP contribution is 2.23. The Hall–Kier alpha value is -2.24. The van der Waals surface area contributed by atoms with Gasteiger partial charge in [0, 0.05) is 12.1 Å². The standard InChI is InChI=1S/C15H22N2O4/c1-4-8-17(10-14(18)20-3)15(19)11-6-7-13(21-5-2)12(16)9-11/h6-7,9H,4-5,8,10,16H2,1-3H3. The number of carbonyl (C=O) groups is 2. The van der Waals surface area contributed by atoms with E-state index in [1.165, 1.54) is 12.0 Å². The average molecular weight is 294 g/mol. The number of rotatable bonds is 7. The lowest BCUT2D eigenvalue weighted by Gasteiger charge is -2.21. The fourth-order valence-corrected chi connectivity index (χ4v) is 1.89. The summed E-state index contributed by atoms with van der Waals surface area (Å²) in [6, 6.07) is 4.87. The second-order valence-electron chi connectivity index (χ2n) is 4.49. The van der Waals surface area contributed by atoms with Crippen LogP contribution in [0, 0.1) is 0 Å². The van der Waals surface area contributed by atoms with Gasteiger partial charge >= 0.3 is 5.97 Å². The Morgan fingerprint density at radius 1 is 1.29 bits per heavy atom. The molecule has 21 heavy (non-hydrogen) atoms. The number of methoxy groups -OCH3 is 1. The summed E-state index contributed by atoms with van der Waals surface area (Å²) in [5.41, 5.74) is 6.68. The van der Waals surface area contributed by atoms with Crippen molar-refractivity contribution in [1.29, 1.82) is 0 Å². The lowest BCUT2D eigenvalue weighted by molar-refractivity contribution is -0.141. The number of esters is 1. The maximum Gasteiger partial charge on any atom is 0.325 e. The van der Waals surface area contributed by atoms with Crippen LogP contribution < -0.4 is 10.5 Å². The van der Waals surface area contributed by atoms with Crippen LogP contribution in [0.2, 0.25) is 0 Å². The summed E-state index contributed by atoms with van der Waals surface area (Å²) in [4.78, 5) is 25.3. The minimum atomic E-state index is -0.448. The van der Waals surface area contributed by atoms with E-state index in [2.05, 4.69) is 4.74 Å². The monoisotopic (exact) mass is 294 g/mol. The highest BCUT2D eigenvalue weighted by atomic mass is 16.5. The van der Waals surface area contributed by atoms with E-state index in [-0.39, 0.29) is 12.5 Å². The van der Waals surface area contributed by atoms with Crippen molar-refractivity contribution in [2.24, 2.45) is 0 Å². The number of nitrogens with two attached hydrogens (primary N) is 1. The van der Waals surface area contributed by atoms with Gasteiger partial charge in [0.15, 0.2) is 0 Å². The van der Waals surface area contributed by atoms with Gasteiger partial charge in [-0.15, -0.1) is 0 Å². The molecule has 1 amide bonds. The van der Waals surface area contributed by atoms with Gasteiger partial charge in [-0.05, 0) is 31.5 Å². The second-order valence-corrected chi connectivity index (χ2v) is 4.49. The fraction of sp³-hybridized carbons (Fsp3) is 0.467. The molecule has 0 spiro atoms. The highest BCUT2D eigenvalue weighted by molar-refractivity contribution is 5.97. The van der Waals surface area contributed by atoms with E-state index < -0.39 is 5.97 Å². The third-order valence-electron chi connectivity index (χ3n) is 2.88. The Bertz CT molecular complexity index is 502. The van der Waals surface area contributed by atoms with Gasteiger partial charge in [0.25, 0.3) is 5.91 Å². The molecule has 0 radical (unpaired) electrons. The van der Waals surface area contributed by atoms with Crippen LogP contribution in [0.5, 0.6) is 5.75 Å². The fourth-order valence-electron chi connectivity index (χ4n) is 1.89. The smallest absolute Gasteiger partial charge is 0.325 e. The molecule has 1 rings (SSSR count). The van der Waals surface area contributed by atoms with E-state index >= 15 is 0 Å². The largest absolute Gasteiger partial charge is 0.492 e. The number of carbonyl (C=O) groups excluding carboxylic acids is 2. The highest BCUT2D eigenvalue weighted by Gasteiger charge is 2.19. The number of anilines is 1. The zero-order valence-corrected chi connectivity index (χ0v) is 12.7. The summed E-state index contributed by atoms with van der Waals surface area (Å²) >= 11 is 0. The molecule has 1 aromatic rings. The molecule has 0 saturated carbocycles. The van der Waals surface area contributed by atoms with Crippen LogP contribution in [0.15, 0.2) is 18.2 Å². The van der Waals surface area contributed by atoms with Crippen LogP contribution in [0.4, 0.5) is 5.69 Å². The Morgan fingerprint density at radius 2 is 2.00 bits per heavy atom. The second kappa shape index (κ2) is 8.14. The summed E-state index contributed by atoms with van der Waals surface area (Å²) in [5, 5.41) is 0. The van der Waals surface area contributed by atoms with E-state index in [0.717, 1.165) is 6.42 Å². The first-order valence-electron chi connectivity index (χ1n) is 6.91. The molecule has 0 bridgehead atoms. The molecular weight excluding hydrogens is 272 g/mol. The molecule has 2 N–H and O–H groups in total. The van der Waals surface area contributed by atoms with Crippen molar-refractivity contribution in [3.8, 4) is 5.75 Å². The van der Waals surface area contributed by atoms with Crippen molar-refractivity contribution < 1.29 is 19.1 Å². The van der Waals surface area contributed by atoms with E-state index in [4.69, 9.17) is 10.5 Å². The maximum atomic E-state index is 12.4. The molecule has 0 heterocycles.